The molecule has 3 heterocycles. The maximum Gasteiger partial charge on any atom is 0.284 e. The summed E-state index contributed by atoms with van der Waals surface area (Å²) < 4.78 is 18.3. The van der Waals surface area contributed by atoms with Crippen molar-refractivity contribution in [2.75, 3.05) is 30.9 Å². The van der Waals surface area contributed by atoms with E-state index in [4.69, 9.17) is 9.72 Å². The van der Waals surface area contributed by atoms with Crippen molar-refractivity contribution in [1.29, 1.82) is 0 Å². The Labute approximate surface area is 191 Å². The number of aliphatic imine (C=N–C) groups is 1. The Balaban J connectivity index is 1.47. The molecular weight excluding hydrogens is 420 g/mol. The summed E-state index contributed by atoms with van der Waals surface area (Å²) >= 11 is 0. The van der Waals surface area contributed by atoms with Gasteiger partial charge in [0.05, 0.1) is 22.4 Å². The van der Waals surface area contributed by atoms with Gasteiger partial charge in [-0.2, -0.15) is 0 Å². The number of fused-ring (bicyclic) bond motifs is 2. The fraction of sp³-hybridized carbons (Fsp3) is 0.360. The predicted molar refractivity (Wildman–Crippen MR) is 130 cm³/mol. The number of pyridine rings is 1. The van der Waals surface area contributed by atoms with Crippen LogP contribution in [0.3, 0.4) is 0 Å². The lowest BCUT2D eigenvalue weighted by Gasteiger charge is -2.23. The van der Waals surface area contributed by atoms with Crippen molar-refractivity contribution in [1.82, 2.24) is 10.3 Å². The second kappa shape index (κ2) is 8.90. The molecule has 2 aliphatic rings. The fourth-order valence-electron chi connectivity index (χ4n) is 4.45. The number of aromatic nitrogens is 1. The van der Waals surface area contributed by atoms with Crippen LogP contribution in [0.15, 0.2) is 58.4 Å². The first-order valence-electron chi connectivity index (χ1n) is 11.1. The molecule has 1 saturated heterocycles. The second-order valence-corrected chi connectivity index (χ2v) is 10.00. The van der Waals surface area contributed by atoms with Crippen LogP contribution in [-0.4, -0.2) is 47.2 Å². The molecule has 2 aromatic carbocycles. The summed E-state index contributed by atoms with van der Waals surface area (Å²) in [6.07, 6.45) is 1.88. The Morgan fingerprint density at radius 3 is 2.97 bits per heavy atom. The fourth-order valence-corrected chi connectivity index (χ4v) is 5.72. The van der Waals surface area contributed by atoms with Gasteiger partial charge in [-0.15, -0.1) is 0 Å². The third-order valence-corrected chi connectivity index (χ3v) is 7.64. The maximum absolute atomic E-state index is 12.7. The number of nitrogens with zero attached hydrogens (tertiary/aromatic N) is 3. The first-order chi connectivity index (χ1) is 15.6. The number of aryl methyl sites for hydroxylation is 2. The molecule has 1 N–H and O–H groups in total. The van der Waals surface area contributed by atoms with Crippen molar-refractivity contribution in [3.63, 3.8) is 0 Å². The van der Waals surface area contributed by atoms with E-state index in [2.05, 4.69) is 52.5 Å². The predicted octanol–water partition coefficient (Wildman–Crippen LogP) is 3.58. The zero-order valence-electron chi connectivity index (χ0n) is 18.5. The van der Waals surface area contributed by atoms with Crippen molar-refractivity contribution in [2.24, 2.45) is 4.99 Å². The van der Waals surface area contributed by atoms with E-state index in [-0.39, 0.29) is 6.04 Å². The van der Waals surface area contributed by atoms with E-state index in [0.717, 1.165) is 47.7 Å². The van der Waals surface area contributed by atoms with E-state index in [9.17, 15) is 4.21 Å². The highest BCUT2D eigenvalue weighted by atomic mass is 32.2. The van der Waals surface area contributed by atoms with Crippen LogP contribution in [0, 0.1) is 6.92 Å². The molecule has 32 heavy (non-hydrogen) atoms. The molecular formula is C25H28N4O2S. The molecule has 0 spiro atoms. The van der Waals surface area contributed by atoms with Gasteiger partial charge in [0.15, 0.2) is 0 Å². The number of amidine groups is 1. The monoisotopic (exact) mass is 448 g/mol. The molecule has 3 aromatic rings. The zero-order valence-corrected chi connectivity index (χ0v) is 19.3. The normalized spacial score (nSPS) is 21.8. The maximum atomic E-state index is 12.7. The zero-order chi connectivity index (χ0) is 22.1. The molecule has 1 fully saturated rings. The van der Waals surface area contributed by atoms with Gasteiger partial charge in [0, 0.05) is 36.2 Å². The molecule has 6 nitrogen and oxygen atoms in total. The van der Waals surface area contributed by atoms with E-state index in [1.54, 1.807) is 7.05 Å². The minimum Gasteiger partial charge on any atom is -0.463 e. The van der Waals surface area contributed by atoms with E-state index < -0.39 is 10.8 Å². The first kappa shape index (κ1) is 20.9. The number of rotatable bonds is 4. The number of nitrogens with one attached hydrogen (secondary N) is 1. The number of hydrogen-bond donors (Lipinski definition) is 1. The first-order valence-corrected chi connectivity index (χ1v) is 12.4. The average Bonchev–Trinajstić information content (AvgIpc) is 3.21. The number of ether oxygens (including phenoxy) is 1. The van der Waals surface area contributed by atoms with Gasteiger partial charge in [-0.05, 0) is 55.2 Å². The highest BCUT2D eigenvalue weighted by Crippen LogP contribution is 2.29. The summed E-state index contributed by atoms with van der Waals surface area (Å²) in [4.78, 5) is 12.3. The van der Waals surface area contributed by atoms with Crippen molar-refractivity contribution in [3.8, 4) is 0 Å². The Morgan fingerprint density at radius 1 is 1.25 bits per heavy atom. The van der Waals surface area contributed by atoms with Gasteiger partial charge in [-0.3, -0.25) is 4.21 Å². The Morgan fingerprint density at radius 2 is 2.12 bits per heavy atom. The molecule has 1 unspecified atom stereocenters. The van der Waals surface area contributed by atoms with Crippen molar-refractivity contribution >= 4 is 33.5 Å². The molecule has 0 saturated carbocycles. The molecule has 0 bridgehead atoms. The van der Waals surface area contributed by atoms with E-state index in [1.165, 1.54) is 16.5 Å². The Hall–Kier alpha value is -2.93. The molecule has 0 amide bonds. The van der Waals surface area contributed by atoms with Gasteiger partial charge >= 0.3 is 0 Å². The summed E-state index contributed by atoms with van der Waals surface area (Å²) in [6, 6.07) is 17.6. The summed E-state index contributed by atoms with van der Waals surface area (Å²) in [7, 11) is 0.764. The lowest BCUT2D eigenvalue weighted by Crippen LogP contribution is -2.28. The lowest BCUT2D eigenvalue weighted by atomic mass is 10.00. The van der Waals surface area contributed by atoms with Gasteiger partial charge in [0.2, 0.25) is 0 Å². The number of hydrogen-bond acceptors (Lipinski definition) is 5. The summed E-state index contributed by atoms with van der Waals surface area (Å²) in [5, 5.41) is 4.54. The molecule has 2 aliphatic heterocycles. The van der Waals surface area contributed by atoms with Gasteiger partial charge in [-0.1, -0.05) is 29.8 Å². The minimum absolute atomic E-state index is 0.262. The Bertz CT molecular complexity index is 1210. The van der Waals surface area contributed by atoms with Crippen molar-refractivity contribution < 1.29 is 8.95 Å². The molecule has 2 atom stereocenters. The minimum atomic E-state index is -0.975. The van der Waals surface area contributed by atoms with E-state index in [1.807, 2.05) is 18.2 Å². The van der Waals surface area contributed by atoms with Crippen LogP contribution in [0.2, 0.25) is 0 Å². The van der Waals surface area contributed by atoms with Gasteiger partial charge in [0.1, 0.15) is 12.4 Å². The van der Waals surface area contributed by atoms with Crippen LogP contribution in [0.5, 0.6) is 0 Å². The third-order valence-electron chi connectivity index (χ3n) is 6.20. The van der Waals surface area contributed by atoms with Gasteiger partial charge in [-0.25, -0.2) is 9.98 Å². The van der Waals surface area contributed by atoms with Crippen molar-refractivity contribution in [3.05, 3.63) is 65.2 Å². The molecule has 166 valence electrons. The highest BCUT2D eigenvalue weighted by molar-refractivity contribution is 7.85. The smallest absolute Gasteiger partial charge is 0.284 e. The average molecular weight is 449 g/mol. The largest absolute Gasteiger partial charge is 0.463 e. The summed E-state index contributed by atoms with van der Waals surface area (Å²) in [6.45, 7) is 4.21. The molecule has 5 rings (SSSR count). The van der Waals surface area contributed by atoms with Crippen LogP contribution in [0.25, 0.3) is 10.9 Å². The molecule has 7 heteroatoms. The summed E-state index contributed by atoms with van der Waals surface area (Å²) in [5.41, 5.74) is 4.65. The molecule has 1 aromatic heterocycles. The number of anilines is 1. The van der Waals surface area contributed by atoms with Crippen LogP contribution in [-0.2, 0) is 28.5 Å². The molecule has 0 aliphatic carbocycles. The Kier molecular flexibility index (Phi) is 5.83. The standard InChI is InChI=1S/C25H28N4O2S/c1-17-7-10-22-21(13-17)18(8-9-20-16-31-25(26-2)27-20)14-24(28-22)29-11-12-32(30)23-6-4-3-5-19(23)15-29/h3-7,10,13-14,20H,8-9,11-12,15-16H2,1-2H3,(H,26,27)/t20-,32?/m1/s1. The topological polar surface area (TPSA) is 66.8 Å². The second-order valence-electron chi connectivity index (χ2n) is 8.46. The van der Waals surface area contributed by atoms with Gasteiger partial charge in [0.25, 0.3) is 6.02 Å². The van der Waals surface area contributed by atoms with Gasteiger partial charge < -0.3 is 15.0 Å². The van der Waals surface area contributed by atoms with Crippen LogP contribution in [0.1, 0.15) is 23.1 Å². The van der Waals surface area contributed by atoms with Crippen LogP contribution in [0.4, 0.5) is 5.82 Å². The SMILES string of the molecule is CN=C1N[C@H](CCc2cc(N3CCS(=O)c4ccccc4C3)nc3ccc(C)cc23)CO1. The van der Waals surface area contributed by atoms with Crippen LogP contribution < -0.4 is 10.2 Å². The third kappa shape index (κ3) is 4.21. The van der Waals surface area contributed by atoms with E-state index >= 15 is 0 Å². The van der Waals surface area contributed by atoms with E-state index in [0.29, 0.717) is 18.4 Å². The quantitative estimate of drug-likeness (QED) is 0.661. The number of benzene rings is 2. The summed E-state index contributed by atoms with van der Waals surface area (Å²) in [5.74, 6) is 1.57. The highest BCUT2D eigenvalue weighted by Gasteiger charge is 2.23. The molecule has 0 radical (unpaired) electrons. The van der Waals surface area contributed by atoms with Crippen molar-refractivity contribution in [2.45, 2.75) is 37.2 Å². The lowest BCUT2D eigenvalue weighted by molar-refractivity contribution is 0.320. The van der Waals surface area contributed by atoms with Crippen LogP contribution >= 0.6 is 0 Å².